The van der Waals surface area contributed by atoms with Crippen molar-refractivity contribution in [3.8, 4) is 5.88 Å². The van der Waals surface area contributed by atoms with Crippen LogP contribution in [-0.4, -0.2) is 18.1 Å². The van der Waals surface area contributed by atoms with Gasteiger partial charge < -0.3 is 15.4 Å². The highest BCUT2D eigenvalue weighted by atomic mass is 79.9. The van der Waals surface area contributed by atoms with E-state index in [0.29, 0.717) is 11.6 Å². The number of nitrogens with two attached hydrogens (primary N) is 1. The molecule has 0 aromatic carbocycles. The molecule has 0 fully saturated rings. The van der Waals surface area contributed by atoms with E-state index in [4.69, 9.17) is 10.5 Å². The van der Waals surface area contributed by atoms with Crippen LogP contribution in [0.25, 0.3) is 0 Å². The molecule has 108 valence electrons. The van der Waals surface area contributed by atoms with E-state index in [9.17, 15) is 0 Å². The van der Waals surface area contributed by atoms with Gasteiger partial charge in [0.25, 0.3) is 0 Å². The number of thiophene rings is 1. The molecular weight excluding hydrogens is 338 g/mol. The van der Waals surface area contributed by atoms with Crippen LogP contribution in [0.2, 0.25) is 0 Å². The summed E-state index contributed by atoms with van der Waals surface area (Å²) in [6, 6.07) is 5.86. The van der Waals surface area contributed by atoms with E-state index in [1.54, 1.807) is 11.3 Å². The number of anilines is 2. The van der Waals surface area contributed by atoms with Gasteiger partial charge in [0.15, 0.2) is 0 Å². The zero-order chi connectivity index (χ0) is 14.7. The summed E-state index contributed by atoms with van der Waals surface area (Å²) in [5.41, 5.74) is 6.45. The lowest BCUT2D eigenvalue weighted by molar-refractivity contribution is 0.234. The fourth-order valence-corrected chi connectivity index (χ4v) is 3.23. The number of halogens is 1. The van der Waals surface area contributed by atoms with Crippen molar-refractivity contribution in [2.45, 2.75) is 26.5 Å². The first-order chi connectivity index (χ1) is 9.45. The van der Waals surface area contributed by atoms with Crippen molar-refractivity contribution in [3.63, 3.8) is 0 Å². The molecule has 0 atom stereocenters. The predicted octanol–water partition coefficient (Wildman–Crippen LogP) is 3.91. The number of pyridine rings is 1. The summed E-state index contributed by atoms with van der Waals surface area (Å²) in [5, 5.41) is 2.08. The molecule has 20 heavy (non-hydrogen) atoms. The highest BCUT2D eigenvalue weighted by Crippen LogP contribution is 2.26. The maximum Gasteiger partial charge on any atom is 0.239 e. The van der Waals surface area contributed by atoms with Gasteiger partial charge >= 0.3 is 0 Å². The van der Waals surface area contributed by atoms with E-state index >= 15 is 0 Å². The van der Waals surface area contributed by atoms with Crippen molar-refractivity contribution in [3.05, 3.63) is 32.9 Å². The van der Waals surface area contributed by atoms with E-state index < -0.39 is 0 Å². The summed E-state index contributed by atoms with van der Waals surface area (Å²) < 4.78 is 6.73. The molecular formula is C14H18BrN3OS. The minimum absolute atomic E-state index is 0.0543. The van der Waals surface area contributed by atoms with Gasteiger partial charge in [-0.3, -0.25) is 0 Å². The lowest BCUT2D eigenvalue weighted by Crippen LogP contribution is -2.18. The summed E-state index contributed by atoms with van der Waals surface area (Å²) in [5.74, 6) is 1.34. The number of hydrogen-bond acceptors (Lipinski definition) is 5. The lowest BCUT2D eigenvalue weighted by atomic mass is 10.3. The first kappa shape index (κ1) is 15.1. The normalized spacial score (nSPS) is 10.8. The van der Waals surface area contributed by atoms with Gasteiger partial charge in [-0.15, -0.1) is 11.3 Å². The highest BCUT2D eigenvalue weighted by molar-refractivity contribution is 9.10. The van der Waals surface area contributed by atoms with Gasteiger partial charge in [-0.1, -0.05) is 0 Å². The van der Waals surface area contributed by atoms with Crippen LogP contribution in [0.5, 0.6) is 5.88 Å². The molecule has 0 unspecified atom stereocenters. The summed E-state index contributed by atoms with van der Waals surface area (Å²) in [4.78, 5) is 7.83. The molecule has 0 saturated heterocycles. The van der Waals surface area contributed by atoms with E-state index in [0.717, 1.165) is 16.8 Å². The standard InChI is InChI=1S/C14H18BrN3OS/c1-9(2)19-14-12(16)4-5-13(17-14)18(3)7-11-6-10(15)8-20-11/h4-6,8-9H,7,16H2,1-3H3. The Bertz CT molecular complexity index is 586. The molecule has 0 aliphatic carbocycles. The SMILES string of the molecule is CC(C)Oc1nc(N(C)Cc2cc(Br)cs2)ccc1N. The van der Waals surface area contributed by atoms with E-state index in [1.807, 2.05) is 33.0 Å². The molecule has 2 rings (SSSR count). The molecule has 0 aliphatic rings. The Balaban J connectivity index is 2.15. The number of hydrogen-bond donors (Lipinski definition) is 1. The summed E-state index contributed by atoms with van der Waals surface area (Å²) in [6.07, 6.45) is 0.0543. The van der Waals surface area contributed by atoms with Gasteiger partial charge in [-0.25, -0.2) is 0 Å². The second kappa shape index (κ2) is 6.45. The Hall–Kier alpha value is -1.27. The van der Waals surface area contributed by atoms with Crippen LogP contribution in [-0.2, 0) is 6.54 Å². The summed E-state index contributed by atoms with van der Waals surface area (Å²) in [6.45, 7) is 4.72. The molecule has 6 heteroatoms. The first-order valence-corrected chi connectivity index (χ1v) is 8.00. The van der Waals surface area contributed by atoms with Crippen LogP contribution in [0.4, 0.5) is 11.5 Å². The molecule has 2 N–H and O–H groups in total. The molecule has 0 amide bonds. The molecule has 0 saturated carbocycles. The molecule has 0 aliphatic heterocycles. The quantitative estimate of drug-likeness (QED) is 0.883. The third-order valence-electron chi connectivity index (χ3n) is 2.63. The Morgan fingerprint density at radius 1 is 1.45 bits per heavy atom. The number of nitrogen functional groups attached to an aromatic ring is 1. The Kier molecular flexibility index (Phi) is 4.88. The molecule has 0 bridgehead atoms. The molecule has 2 heterocycles. The van der Waals surface area contributed by atoms with E-state index in [1.165, 1.54) is 4.88 Å². The molecule has 4 nitrogen and oxygen atoms in total. The fourth-order valence-electron chi connectivity index (χ4n) is 1.72. The van der Waals surface area contributed by atoms with Gasteiger partial charge in [0.1, 0.15) is 5.82 Å². The summed E-state index contributed by atoms with van der Waals surface area (Å²) >= 11 is 5.18. The van der Waals surface area contributed by atoms with E-state index in [2.05, 4.69) is 37.3 Å². The average Bonchev–Trinajstić information content (AvgIpc) is 2.77. The third-order valence-corrected chi connectivity index (χ3v) is 4.31. The Morgan fingerprint density at radius 2 is 2.20 bits per heavy atom. The average molecular weight is 356 g/mol. The van der Waals surface area contributed by atoms with Gasteiger partial charge in [-0.2, -0.15) is 4.98 Å². The second-order valence-electron chi connectivity index (χ2n) is 4.82. The minimum atomic E-state index is 0.0543. The highest BCUT2D eigenvalue weighted by Gasteiger charge is 2.10. The van der Waals surface area contributed by atoms with Crippen molar-refractivity contribution in [2.75, 3.05) is 17.7 Å². The Morgan fingerprint density at radius 3 is 2.80 bits per heavy atom. The molecule has 0 radical (unpaired) electrons. The largest absolute Gasteiger partial charge is 0.473 e. The zero-order valence-corrected chi connectivity index (χ0v) is 14.2. The van der Waals surface area contributed by atoms with E-state index in [-0.39, 0.29) is 6.10 Å². The van der Waals surface area contributed by atoms with Crippen molar-refractivity contribution >= 4 is 38.8 Å². The second-order valence-corrected chi connectivity index (χ2v) is 6.73. The zero-order valence-electron chi connectivity index (χ0n) is 11.8. The smallest absolute Gasteiger partial charge is 0.239 e. The van der Waals surface area contributed by atoms with Gasteiger partial charge in [0, 0.05) is 21.8 Å². The van der Waals surface area contributed by atoms with Crippen molar-refractivity contribution in [1.82, 2.24) is 4.98 Å². The van der Waals surface area contributed by atoms with Gasteiger partial charge in [-0.05, 0) is 48.0 Å². The Labute approximate surface area is 131 Å². The first-order valence-electron chi connectivity index (χ1n) is 6.33. The molecule has 2 aromatic rings. The van der Waals surface area contributed by atoms with Gasteiger partial charge in [0.2, 0.25) is 5.88 Å². The molecule has 2 aromatic heterocycles. The van der Waals surface area contributed by atoms with Crippen molar-refractivity contribution < 1.29 is 4.74 Å². The van der Waals surface area contributed by atoms with Crippen LogP contribution < -0.4 is 15.4 Å². The number of ether oxygens (including phenoxy) is 1. The number of rotatable bonds is 5. The van der Waals surface area contributed by atoms with Crippen molar-refractivity contribution in [1.29, 1.82) is 0 Å². The molecule has 0 spiro atoms. The van der Waals surface area contributed by atoms with Crippen LogP contribution in [0.15, 0.2) is 28.1 Å². The predicted molar refractivity (Wildman–Crippen MR) is 88.5 cm³/mol. The third kappa shape index (κ3) is 3.86. The fraction of sp³-hybridized carbons (Fsp3) is 0.357. The number of aromatic nitrogens is 1. The number of nitrogens with zero attached hydrogens (tertiary/aromatic N) is 2. The summed E-state index contributed by atoms with van der Waals surface area (Å²) in [7, 11) is 2.01. The topological polar surface area (TPSA) is 51.4 Å². The lowest BCUT2D eigenvalue weighted by Gasteiger charge is -2.19. The van der Waals surface area contributed by atoms with Crippen LogP contribution in [0.1, 0.15) is 18.7 Å². The van der Waals surface area contributed by atoms with Crippen LogP contribution >= 0.6 is 27.3 Å². The monoisotopic (exact) mass is 355 g/mol. The van der Waals surface area contributed by atoms with Crippen LogP contribution in [0, 0.1) is 0 Å². The van der Waals surface area contributed by atoms with Gasteiger partial charge in [0.05, 0.1) is 18.3 Å². The maximum absolute atomic E-state index is 5.88. The maximum atomic E-state index is 5.88. The minimum Gasteiger partial charge on any atom is -0.473 e. The van der Waals surface area contributed by atoms with Crippen LogP contribution in [0.3, 0.4) is 0 Å². The van der Waals surface area contributed by atoms with Crippen molar-refractivity contribution in [2.24, 2.45) is 0 Å².